The molecule has 3 rings (SSSR count). The van der Waals surface area contributed by atoms with Gasteiger partial charge >= 0.3 is 12.1 Å². The van der Waals surface area contributed by atoms with Crippen LogP contribution in [0.25, 0.3) is 0 Å². The lowest BCUT2D eigenvalue weighted by Crippen LogP contribution is -2.48. The number of hydrogen-bond acceptors (Lipinski definition) is 7. The van der Waals surface area contributed by atoms with Crippen LogP contribution in [0.15, 0.2) is 84.9 Å². The highest BCUT2D eigenvalue weighted by Crippen LogP contribution is 2.48. The molecule has 4 atom stereocenters. The molecule has 0 aromatic heterocycles. The van der Waals surface area contributed by atoms with E-state index in [1.54, 1.807) is 99.6 Å². The quantitative estimate of drug-likeness (QED) is 0.0910. The molecule has 0 spiro atoms. The predicted octanol–water partition coefficient (Wildman–Crippen LogP) is 6.64. The van der Waals surface area contributed by atoms with Gasteiger partial charge in [-0.25, -0.2) is 9.59 Å². The van der Waals surface area contributed by atoms with Crippen molar-refractivity contribution in [3.05, 3.63) is 102 Å². The summed E-state index contributed by atoms with van der Waals surface area (Å²) in [5, 5.41) is 5.29. The molecule has 0 bridgehead atoms. The molecule has 0 aliphatic rings. The molecule has 0 fully saturated rings. The maximum atomic E-state index is 14.1. The maximum absolute atomic E-state index is 14.1. The van der Waals surface area contributed by atoms with Gasteiger partial charge in [-0.1, -0.05) is 72.8 Å². The lowest BCUT2D eigenvalue weighted by molar-refractivity contribution is -0.158. The van der Waals surface area contributed by atoms with Gasteiger partial charge in [0.2, 0.25) is 13.3 Å². The Morgan fingerprint density at radius 2 is 1.36 bits per heavy atom. The average molecular weight is 705 g/mol. The molecule has 2 amide bonds. The zero-order valence-corrected chi connectivity index (χ0v) is 30.6. The van der Waals surface area contributed by atoms with Crippen LogP contribution in [0.1, 0.15) is 64.7 Å². The number of alkyl carbamates (subject to hydrolysis) is 1. The Morgan fingerprint density at radius 3 is 1.90 bits per heavy atom. The van der Waals surface area contributed by atoms with Gasteiger partial charge in [-0.15, -0.1) is 12.3 Å². The Labute approximate surface area is 295 Å². The Balaban J connectivity index is 1.82. The first-order valence-corrected chi connectivity index (χ1v) is 18.4. The van der Waals surface area contributed by atoms with Crippen molar-refractivity contribution in [1.29, 1.82) is 0 Å². The van der Waals surface area contributed by atoms with E-state index in [1.165, 1.54) is 0 Å². The summed E-state index contributed by atoms with van der Waals surface area (Å²) in [6, 6.07) is 23.9. The molecule has 3 aromatic carbocycles. The first-order valence-electron chi connectivity index (χ1n) is 16.5. The average Bonchev–Trinajstić information content (AvgIpc) is 3.03. The molecule has 10 nitrogen and oxygen atoms in total. The summed E-state index contributed by atoms with van der Waals surface area (Å²) in [4.78, 5) is 51.5. The van der Waals surface area contributed by atoms with Gasteiger partial charge in [-0.2, -0.15) is 0 Å². The van der Waals surface area contributed by atoms with Gasteiger partial charge in [-0.3, -0.25) is 9.36 Å². The summed E-state index contributed by atoms with van der Waals surface area (Å²) in [5.41, 5.74) is 0.926. The van der Waals surface area contributed by atoms with E-state index < -0.39 is 60.4 Å². The Bertz CT molecular complexity index is 1640. The molecular formula is C39H49N2O8P. The van der Waals surface area contributed by atoms with Crippen molar-refractivity contribution in [2.45, 2.75) is 90.4 Å². The molecule has 268 valence electrons. The van der Waals surface area contributed by atoms with Crippen LogP contribution in [0.2, 0.25) is 0 Å². The summed E-state index contributed by atoms with van der Waals surface area (Å²) in [6.07, 6.45) is 4.07. The highest BCUT2D eigenvalue weighted by atomic mass is 31.2. The van der Waals surface area contributed by atoms with Crippen LogP contribution in [0.5, 0.6) is 5.75 Å². The molecule has 0 heterocycles. The minimum atomic E-state index is -4.35. The third-order valence-corrected chi connectivity index (χ3v) is 9.52. The van der Waals surface area contributed by atoms with Crippen molar-refractivity contribution in [3.8, 4) is 18.1 Å². The van der Waals surface area contributed by atoms with Crippen molar-refractivity contribution >= 4 is 25.3 Å². The monoisotopic (exact) mass is 704 g/mol. The smallest absolute Gasteiger partial charge is 0.408 e. The molecule has 3 N–H and O–H groups in total. The van der Waals surface area contributed by atoms with E-state index in [9.17, 15) is 23.8 Å². The zero-order chi connectivity index (χ0) is 37.0. The number of carbonyl (C=O) groups is 3. The summed E-state index contributed by atoms with van der Waals surface area (Å²) in [6.45, 7) is 10.9. The number of amides is 2. The largest absolute Gasteiger partial charge is 0.488 e. The summed E-state index contributed by atoms with van der Waals surface area (Å²) in [7, 11) is -4.35. The molecule has 0 saturated carbocycles. The minimum Gasteiger partial charge on any atom is -0.488 e. The Hall–Kier alpha value is -4.58. The van der Waals surface area contributed by atoms with Crippen LogP contribution >= 0.6 is 7.37 Å². The molecule has 0 aliphatic heterocycles. The van der Waals surface area contributed by atoms with Gasteiger partial charge in [0.25, 0.3) is 0 Å². The van der Waals surface area contributed by atoms with Crippen molar-refractivity contribution in [2.24, 2.45) is 5.92 Å². The fourth-order valence-electron chi connectivity index (χ4n) is 5.00. The number of benzene rings is 3. The van der Waals surface area contributed by atoms with Gasteiger partial charge in [0, 0.05) is 25.4 Å². The minimum absolute atomic E-state index is 0.00506. The lowest BCUT2D eigenvalue weighted by Gasteiger charge is -2.28. The van der Waals surface area contributed by atoms with Crippen molar-refractivity contribution < 1.29 is 38.1 Å². The third-order valence-electron chi connectivity index (χ3n) is 7.27. The lowest BCUT2D eigenvalue weighted by atomic mass is 10.0. The van der Waals surface area contributed by atoms with Crippen LogP contribution < -0.4 is 15.4 Å². The van der Waals surface area contributed by atoms with Gasteiger partial charge in [0.15, 0.2) is 0 Å². The first kappa shape index (κ1) is 39.9. The molecule has 3 aromatic rings. The van der Waals surface area contributed by atoms with Crippen LogP contribution in [0.4, 0.5) is 4.79 Å². The number of rotatable bonds is 15. The number of carbonyl (C=O) groups excluding carboxylic acids is 3. The molecule has 0 radical (unpaired) electrons. The molecular weight excluding hydrogens is 655 g/mol. The van der Waals surface area contributed by atoms with E-state index in [-0.39, 0.29) is 25.9 Å². The van der Waals surface area contributed by atoms with Crippen LogP contribution in [-0.2, 0) is 43.1 Å². The Kier molecular flexibility index (Phi) is 14.3. The van der Waals surface area contributed by atoms with Crippen LogP contribution in [-0.4, -0.2) is 52.1 Å². The molecule has 0 aliphatic carbocycles. The van der Waals surface area contributed by atoms with Crippen LogP contribution in [0, 0.1) is 18.3 Å². The van der Waals surface area contributed by atoms with Crippen molar-refractivity contribution in [1.82, 2.24) is 10.6 Å². The molecule has 2 unspecified atom stereocenters. The topological polar surface area (TPSA) is 140 Å². The second kappa shape index (κ2) is 17.9. The number of ether oxygens (including phenoxy) is 3. The summed E-state index contributed by atoms with van der Waals surface area (Å²) < 4.78 is 30.9. The van der Waals surface area contributed by atoms with Gasteiger partial charge in [0.1, 0.15) is 35.4 Å². The highest BCUT2D eigenvalue weighted by Gasteiger charge is 2.38. The van der Waals surface area contributed by atoms with E-state index in [2.05, 4.69) is 16.6 Å². The zero-order valence-electron chi connectivity index (χ0n) is 29.7. The molecule has 50 heavy (non-hydrogen) atoms. The summed E-state index contributed by atoms with van der Waals surface area (Å²) in [5.74, 6) is -0.749. The van der Waals surface area contributed by atoms with Crippen molar-refractivity contribution in [3.63, 3.8) is 0 Å². The third kappa shape index (κ3) is 14.1. The standard InChI is InChI=1S/C39H49N2O8P/c1-8-15-31(35(42)40-33(36(43)49-39(5,6)7)24-29-20-22-32(23-21-29)48-38(2,3)4)27-50(45,46)34(25-28-16-11-9-12-17-28)41-37(44)47-26-30-18-13-10-14-19-30/h1,9-14,16-23,31,33-34H,15,24-27H2,2-7H3,(H,40,42)(H,41,44)(H,45,46)/t31?,33-,34+/m0/s1. The van der Waals surface area contributed by atoms with Gasteiger partial charge in [-0.05, 0) is 70.4 Å². The highest BCUT2D eigenvalue weighted by molar-refractivity contribution is 7.58. The van der Waals surface area contributed by atoms with E-state index >= 15 is 0 Å². The van der Waals surface area contributed by atoms with Crippen molar-refractivity contribution in [2.75, 3.05) is 6.16 Å². The fraction of sp³-hybridized carbons (Fsp3) is 0.410. The predicted molar refractivity (Wildman–Crippen MR) is 194 cm³/mol. The number of terminal acetylenes is 1. The van der Waals surface area contributed by atoms with E-state index in [0.29, 0.717) is 11.3 Å². The normalized spacial score (nSPS) is 14.5. The number of esters is 1. The van der Waals surface area contributed by atoms with E-state index in [1.807, 2.05) is 26.8 Å². The SMILES string of the molecule is C#CCC(CP(=O)(O)[C@H](Cc1ccccc1)NC(=O)OCc1ccccc1)C(=O)N[C@@H](Cc1ccc(OC(C)(C)C)cc1)C(=O)OC(C)(C)C. The fourth-order valence-corrected chi connectivity index (χ4v) is 6.98. The summed E-state index contributed by atoms with van der Waals surface area (Å²) >= 11 is 0. The van der Waals surface area contributed by atoms with Crippen LogP contribution in [0.3, 0.4) is 0 Å². The van der Waals surface area contributed by atoms with E-state index in [4.69, 9.17) is 20.6 Å². The van der Waals surface area contributed by atoms with Gasteiger partial charge < -0.3 is 29.7 Å². The second-order valence-corrected chi connectivity index (χ2v) is 16.6. The molecule has 0 saturated heterocycles. The number of hydrogen-bond donors (Lipinski definition) is 3. The first-order chi connectivity index (χ1) is 23.4. The Morgan fingerprint density at radius 1 is 0.800 bits per heavy atom. The number of nitrogens with one attached hydrogen (secondary N) is 2. The second-order valence-electron chi connectivity index (χ2n) is 14.1. The van der Waals surface area contributed by atoms with Gasteiger partial charge in [0.05, 0.1) is 5.92 Å². The molecule has 11 heteroatoms. The maximum Gasteiger partial charge on any atom is 0.408 e. The van der Waals surface area contributed by atoms with E-state index in [0.717, 1.165) is 11.1 Å².